The summed E-state index contributed by atoms with van der Waals surface area (Å²) in [6, 6.07) is 4.44. The van der Waals surface area contributed by atoms with Gasteiger partial charge >= 0.3 is 0 Å². The molecule has 1 saturated heterocycles. The Morgan fingerprint density at radius 1 is 1.16 bits per heavy atom. The molecule has 3 rings (SSSR count). The summed E-state index contributed by atoms with van der Waals surface area (Å²) < 4.78 is 5.61. The van der Waals surface area contributed by atoms with Crippen LogP contribution in [-0.2, 0) is 19.4 Å². The van der Waals surface area contributed by atoms with Gasteiger partial charge in [-0.3, -0.25) is 4.90 Å². The van der Waals surface area contributed by atoms with Gasteiger partial charge in [0.05, 0.1) is 7.11 Å². The van der Waals surface area contributed by atoms with E-state index in [1.54, 1.807) is 18.2 Å². The first-order valence-corrected chi connectivity index (χ1v) is 7.49. The summed E-state index contributed by atoms with van der Waals surface area (Å²) in [6.07, 6.45) is 5.14. The number of nitrogens with one attached hydrogen (secondary N) is 1. The number of rotatable bonds is 3. The Labute approximate surface area is 115 Å². The fraction of sp³-hybridized carbons (Fsp3) is 0.625. The zero-order valence-electron chi connectivity index (χ0n) is 11.9. The van der Waals surface area contributed by atoms with Crippen LogP contribution < -0.4 is 10.1 Å². The second-order valence-electron chi connectivity index (χ2n) is 5.62. The van der Waals surface area contributed by atoms with E-state index in [0.29, 0.717) is 0 Å². The van der Waals surface area contributed by atoms with Crippen molar-refractivity contribution in [3.05, 3.63) is 28.8 Å². The van der Waals surface area contributed by atoms with E-state index >= 15 is 0 Å². The van der Waals surface area contributed by atoms with Crippen molar-refractivity contribution < 1.29 is 4.74 Å². The molecule has 1 N–H and O–H groups in total. The Bertz CT molecular complexity index is 439. The van der Waals surface area contributed by atoms with Crippen LogP contribution in [0.3, 0.4) is 0 Å². The number of hydrogen-bond acceptors (Lipinski definition) is 3. The van der Waals surface area contributed by atoms with E-state index in [-0.39, 0.29) is 0 Å². The van der Waals surface area contributed by atoms with Gasteiger partial charge in [-0.05, 0) is 42.9 Å². The molecule has 1 aromatic carbocycles. The van der Waals surface area contributed by atoms with Crippen LogP contribution in [0, 0.1) is 0 Å². The average molecular weight is 260 g/mol. The summed E-state index contributed by atoms with van der Waals surface area (Å²) in [4.78, 5) is 2.54. The normalized spacial score (nSPS) is 20.1. The summed E-state index contributed by atoms with van der Waals surface area (Å²) in [5, 5.41) is 3.42. The van der Waals surface area contributed by atoms with Gasteiger partial charge in [0.2, 0.25) is 0 Å². The molecule has 0 saturated carbocycles. The Morgan fingerprint density at radius 3 is 2.74 bits per heavy atom. The molecule has 1 aliphatic carbocycles. The van der Waals surface area contributed by atoms with Crippen LogP contribution in [-0.4, -0.2) is 38.2 Å². The van der Waals surface area contributed by atoms with Crippen LogP contribution in [0.25, 0.3) is 0 Å². The SMILES string of the molecule is COc1ccc2c(c1CN1CCNCC1)CCCC2. The van der Waals surface area contributed by atoms with Crippen molar-refractivity contribution in [2.24, 2.45) is 0 Å². The summed E-state index contributed by atoms with van der Waals surface area (Å²) >= 11 is 0. The first-order valence-electron chi connectivity index (χ1n) is 7.49. The van der Waals surface area contributed by atoms with Gasteiger partial charge in [0, 0.05) is 38.3 Å². The van der Waals surface area contributed by atoms with Gasteiger partial charge in [-0.1, -0.05) is 6.07 Å². The van der Waals surface area contributed by atoms with Gasteiger partial charge in [0.1, 0.15) is 5.75 Å². The second kappa shape index (κ2) is 5.93. The predicted octanol–water partition coefficient (Wildman–Crippen LogP) is 1.98. The van der Waals surface area contributed by atoms with E-state index in [9.17, 15) is 0 Å². The zero-order chi connectivity index (χ0) is 13.1. The lowest BCUT2D eigenvalue weighted by Crippen LogP contribution is -2.43. The molecular weight excluding hydrogens is 236 g/mol. The lowest BCUT2D eigenvalue weighted by Gasteiger charge is -2.30. The third-order valence-corrected chi connectivity index (χ3v) is 4.42. The molecule has 3 nitrogen and oxygen atoms in total. The molecule has 0 radical (unpaired) electrons. The number of piperazine rings is 1. The summed E-state index contributed by atoms with van der Waals surface area (Å²) in [7, 11) is 1.80. The van der Waals surface area contributed by atoms with Gasteiger partial charge in [0.15, 0.2) is 0 Å². The number of methoxy groups -OCH3 is 1. The minimum Gasteiger partial charge on any atom is -0.496 e. The molecule has 0 aromatic heterocycles. The van der Waals surface area contributed by atoms with Crippen LogP contribution >= 0.6 is 0 Å². The molecular formula is C16H24N2O. The summed E-state index contributed by atoms with van der Waals surface area (Å²) in [5.41, 5.74) is 4.57. The number of benzene rings is 1. The van der Waals surface area contributed by atoms with Crippen molar-refractivity contribution in [2.75, 3.05) is 33.3 Å². The van der Waals surface area contributed by atoms with Gasteiger partial charge in [-0.25, -0.2) is 0 Å². The van der Waals surface area contributed by atoms with Crippen LogP contribution in [0.2, 0.25) is 0 Å². The fourth-order valence-corrected chi connectivity index (χ4v) is 3.34. The third kappa shape index (κ3) is 2.77. The molecule has 0 spiro atoms. The first kappa shape index (κ1) is 12.9. The number of hydrogen-bond donors (Lipinski definition) is 1. The largest absolute Gasteiger partial charge is 0.496 e. The lowest BCUT2D eigenvalue weighted by molar-refractivity contribution is 0.229. The van der Waals surface area contributed by atoms with Crippen molar-refractivity contribution >= 4 is 0 Å². The van der Waals surface area contributed by atoms with Crippen molar-refractivity contribution in [3.8, 4) is 5.75 Å². The van der Waals surface area contributed by atoms with E-state index in [1.807, 2.05) is 0 Å². The summed E-state index contributed by atoms with van der Waals surface area (Å²) in [6.45, 7) is 5.56. The molecule has 1 aliphatic heterocycles. The van der Waals surface area contributed by atoms with Crippen LogP contribution in [0.5, 0.6) is 5.75 Å². The fourth-order valence-electron chi connectivity index (χ4n) is 3.34. The quantitative estimate of drug-likeness (QED) is 0.899. The summed E-state index contributed by atoms with van der Waals surface area (Å²) in [5.74, 6) is 1.08. The van der Waals surface area contributed by atoms with E-state index in [1.165, 1.54) is 31.2 Å². The van der Waals surface area contributed by atoms with Gasteiger partial charge in [-0.2, -0.15) is 0 Å². The van der Waals surface area contributed by atoms with Gasteiger partial charge < -0.3 is 10.1 Å². The minimum absolute atomic E-state index is 1.05. The zero-order valence-corrected chi connectivity index (χ0v) is 11.9. The smallest absolute Gasteiger partial charge is 0.123 e. The Kier molecular flexibility index (Phi) is 4.04. The number of ether oxygens (including phenoxy) is 1. The third-order valence-electron chi connectivity index (χ3n) is 4.42. The van der Waals surface area contributed by atoms with Crippen LogP contribution in [0.1, 0.15) is 29.5 Å². The van der Waals surface area contributed by atoms with Crippen LogP contribution in [0.15, 0.2) is 12.1 Å². The highest BCUT2D eigenvalue weighted by atomic mass is 16.5. The van der Waals surface area contributed by atoms with Gasteiger partial charge in [0.25, 0.3) is 0 Å². The van der Waals surface area contributed by atoms with E-state index < -0.39 is 0 Å². The predicted molar refractivity (Wildman–Crippen MR) is 77.8 cm³/mol. The molecule has 2 aliphatic rings. The van der Waals surface area contributed by atoms with Crippen molar-refractivity contribution in [3.63, 3.8) is 0 Å². The highest BCUT2D eigenvalue weighted by Gasteiger charge is 2.20. The van der Waals surface area contributed by atoms with E-state index in [2.05, 4.69) is 22.3 Å². The number of nitrogens with zero attached hydrogens (tertiary/aromatic N) is 1. The molecule has 0 amide bonds. The first-order chi connectivity index (χ1) is 9.38. The van der Waals surface area contributed by atoms with E-state index in [4.69, 9.17) is 4.74 Å². The molecule has 1 heterocycles. The Hall–Kier alpha value is -1.06. The van der Waals surface area contributed by atoms with E-state index in [0.717, 1.165) is 38.5 Å². The minimum atomic E-state index is 1.05. The monoisotopic (exact) mass is 260 g/mol. The maximum atomic E-state index is 5.61. The standard InChI is InChI=1S/C16H24N2O/c1-19-16-7-6-13-4-2-3-5-14(13)15(16)12-18-10-8-17-9-11-18/h6-7,17H,2-5,8-12H2,1H3. The number of aryl methyl sites for hydroxylation is 1. The van der Waals surface area contributed by atoms with Crippen molar-refractivity contribution in [1.29, 1.82) is 0 Å². The average Bonchev–Trinajstić information content (AvgIpc) is 2.49. The highest BCUT2D eigenvalue weighted by molar-refractivity contribution is 5.46. The van der Waals surface area contributed by atoms with Gasteiger partial charge in [-0.15, -0.1) is 0 Å². The molecule has 3 heteroatoms. The molecule has 0 unspecified atom stereocenters. The van der Waals surface area contributed by atoms with Crippen molar-refractivity contribution in [2.45, 2.75) is 32.2 Å². The second-order valence-corrected chi connectivity index (χ2v) is 5.62. The molecule has 0 bridgehead atoms. The molecule has 19 heavy (non-hydrogen) atoms. The molecule has 0 atom stereocenters. The van der Waals surface area contributed by atoms with Crippen molar-refractivity contribution in [1.82, 2.24) is 10.2 Å². The number of fused-ring (bicyclic) bond motifs is 1. The topological polar surface area (TPSA) is 24.5 Å². The van der Waals surface area contributed by atoms with Crippen LogP contribution in [0.4, 0.5) is 0 Å². The Balaban J connectivity index is 1.88. The molecule has 104 valence electrons. The molecule has 1 fully saturated rings. The Morgan fingerprint density at radius 2 is 1.95 bits per heavy atom. The molecule has 1 aromatic rings. The highest BCUT2D eigenvalue weighted by Crippen LogP contribution is 2.32. The maximum absolute atomic E-state index is 5.61. The maximum Gasteiger partial charge on any atom is 0.123 e. The lowest BCUT2D eigenvalue weighted by atomic mass is 9.87.